The maximum atomic E-state index is 11.9. The number of hydrogen-bond donors (Lipinski definition) is 1. The van der Waals surface area contributed by atoms with Gasteiger partial charge in [0.15, 0.2) is 0 Å². The van der Waals surface area contributed by atoms with Gasteiger partial charge in [-0.1, -0.05) is 18.0 Å². The lowest BCUT2D eigenvalue weighted by molar-refractivity contribution is 0.427. The monoisotopic (exact) mass is 259 g/mol. The zero-order valence-electron chi connectivity index (χ0n) is 8.86. The van der Waals surface area contributed by atoms with Crippen LogP contribution < -0.4 is 5.32 Å². The van der Waals surface area contributed by atoms with Gasteiger partial charge in [-0.2, -0.15) is 0 Å². The molecule has 16 heavy (non-hydrogen) atoms. The highest BCUT2D eigenvalue weighted by Gasteiger charge is 2.17. The Morgan fingerprint density at radius 3 is 2.81 bits per heavy atom. The molecule has 0 unspecified atom stereocenters. The molecule has 0 radical (unpaired) electrons. The molecule has 0 spiro atoms. The van der Waals surface area contributed by atoms with Crippen LogP contribution in [0.4, 0.5) is 0 Å². The molecule has 0 aliphatic carbocycles. The van der Waals surface area contributed by atoms with Gasteiger partial charge in [-0.05, 0) is 19.4 Å². The van der Waals surface area contributed by atoms with Crippen molar-refractivity contribution in [2.75, 3.05) is 12.3 Å². The molecule has 88 valence electrons. The van der Waals surface area contributed by atoms with E-state index in [4.69, 9.17) is 11.6 Å². The third-order valence-corrected chi connectivity index (χ3v) is 4.08. The number of nitrogens with zero attached hydrogens (tertiary/aromatic N) is 2. The van der Waals surface area contributed by atoms with Gasteiger partial charge in [-0.3, -0.25) is 4.21 Å². The molecule has 1 fully saturated rings. The first-order valence-electron chi connectivity index (χ1n) is 5.35. The standard InChI is InChI=1S/C10H14ClN3OS/c11-8-5-13-10(14-6-8)16(15)7-9-3-1-2-4-12-9/h5-6,9,12H,1-4,7H2/t9-,16-/m0/s1. The Kier molecular flexibility index (Phi) is 4.26. The summed E-state index contributed by atoms with van der Waals surface area (Å²) in [5, 5.41) is 4.20. The van der Waals surface area contributed by atoms with Crippen molar-refractivity contribution in [3.05, 3.63) is 17.4 Å². The second kappa shape index (κ2) is 5.70. The van der Waals surface area contributed by atoms with Gasteiger partial charge in [0, 0.05) is 11.8 Å². The van der Waals surface area contributed by atoms with E-state index in [1.165, 1.54) is 25.2 Å². The van der Waals surface area contributed by atoms with Crippen molar-refractivity contribution in [2.45, 2.75) is 30.5 Å². The number of halogens is 1. The Morgan fingerprint density at radius 2 is 2.19 bits per heavy atom. The third kappa shape index (κ3) is 3.23. The van der Waals surface area contributed by atoms with Crippen LogP contribution in [0.1, 0.15) is 19.3 Å². The predicted molar refractivity (Wildman–Crippen MR) is 64.0 cm³/mol. The lowest BCUT2D eigenvalue weighted by atomic mass is 10.1. The number of hydrogen-bond acceptors (Lipinski definition) is 4. The molecule has 6 heteroatoms. The van der Waals surface area contributed by atoms with Crippen LogP contribution in [0.2, 0.25) is 5.02 Å². The lowest BCUT2D eigenvalue weighted by Crippen LogP contribution is -2.38. The molecule has 1 aliphatic rings. The fourth-order valence-corrected chi connectivity index (χ4v) is 2.98. The van der Waals surface area contributed by atoms with E-state index < -0.39 is 10.8 Å². The smallest absolute Gasteiger partial charge is 0.218 e. The summed E-state index contributed by atoms with van der Waals surface area (Å²) >= 11 is 5.67. The van der Waals surface area contributed by atoms with E-state index >= 15 is 0 Å². The minimum atomic E-state index is -1.13. The van der Waals surface area contributed by atoms with Gasteiger partial charge in [0.2, 0.25) is 5.16 Å². The fourth-order valence-electron chi connectivity index (χ4n) is 1.74. The molecule has 0 saturated carbocycles. The summed E-state index contributed by atoms with van der Waals surface area (Å²) < 4.78 is 11.9. The minimum absolute atomic E-state index is 0.328. The van der Waals surface area contributed by atoms with Gasteiger partial charge in [-0.25, -0.2) is 9.97 Å². The first-order valence-corrected chi connectivity index (χ1v) is 7.05. The third-order valence-electron chi connectivity index (χ3n) is 2.57. The molecule has 1 N–H and O–H groups in total. The molecular weight excluding hydrogens is 246 g/mol. The van der Waals surface area contributed by atoms with Crippen LogP contribution in [0.25, 0.3) is 0 Å². The van der Waals surface area contributed by atoms with E-state index in [2.05, 4.69) is 15.3 Å². The number of piperidine rings is 1. The van der Waals surface area contributed by atoms with E-state index in [1.807, 2.05) is 0 Å². The van der Waals surface area contributed by atoms with Crippen LogP contribution in [-0.2, 0) is 10.8 Å². The Bertz CT molecular complexity index is 365. The van der Waals surface area contributed by atoms with Gasteiger partial charge in [0.25, 0.3) is 0 Å². The summed E-state index contributed by atoms with van der Waals surface area (Å²) in [6.07, 6.45) is 6.46. The predicted octanol–water partition coefficient (Wildman–Crippen LogP) is 1.38. The fraction of sp³-hybridized carbons (Fsp3) is 0.600. The molecule has 4 nitrogen and oxygen atoms in total. The molecule has 2 atom stereocenters. The summed E-state index contributed by atoms with van der Waals surface area (Å²) in [5.41, 5.74) is 0. The number of aromatic nitrogens is 2. The van der Waals surface area contributed by atoms with Crippen LogP contribution in [0.5, 0.6) is 0 Å². The molecule has 1 saturated heterocycles. The minimum Gasteiger partial charge on any atom is -0.313 e. The molecular formula is C10H14ClN3OS. The van der Waals surface area contributed by atoms with Crippen molar-refractivity contribution >= 4 is 22.4 Å². The van der Waals surface area contributed by atoms with Crippen molar-refractivity contribution in [3.63, 3.8) is 0 Å². The zero-order valence-corrected chi connectivity index (χ0v) is 10.4. The van der Waals surface area contributed by atoms with Crippen molar-refractivity contribution in [1.29, 1.82) is 0 Å². The van der Waals surface area contributed by atoms with E-state index in [0.29, 0.717) is 22.0 Å². The van der Waals surface area contributed by atoms with Crippen molar-refractivity contribution in [2.24, 2.45) is 0 Å². The Hall–Kier alpha value is -0.520. The van der Waals surface area contributed by atoms with E-state index in [0.717, 1.165) is 13.0 Å². The van der Waals surface area contributed by atoms with E-state index in [1.54, 1.807) is 0 Å². The molecule has 0 bridgehead atoms. The average Bonchev–Trinajstić information content (AvgIpc) is 2.31. The molecule has 0 aromatic carbocycles. The highest BCUT2D eigenvalue weighted by Crippen LogP contribution is 2.11. The van der Waals surface area contributed by atoms with Gasteiger partial charge in [0.1, 0.15) is 0 Å². The maximum absolute atomic E-state index is 11.9. The second-order valence-corrected chi connectivity index (χ2v) is 5.67. The van der Waals surface area contributed by atoms with Gasteiger partial charge < -0.3 is 5.32 Å². The van der Waals surface area contributed by atoms with Crippen molar-refractivity contribution in [3.8, 4) is 0 Å². The Morgan fingerprint density at radius 1 is 1.44 bits per heavy atom. The summed E-state index contributed by atoms with van der Waals surface area (Å²) in [6, 6.07) is 0.328. The second-order valence-electron chi connectivity index (χ2n) is 3.84. The van der Waals surface area contributed by atoms with Gasteiger partial charge >= 0.3 is 0 Å². The van der Waals surface area contributed by atoms with Crippen LogP contribution >= 0.6 is 11.6 Å². The lowest BCUT2D eigenvalue weighted by Gasteiger charge is -2.22. The first kappa shape index (κ1) is 12.0. The molecule has 2 heterocycles. The van der Waals surface area contributed by atoms with Crippen LogP contribution in [0.15, 0.2) is 17.6 Å². The number of rotatable bonds is 3. The molecule has 1 aliphatic heterocycles. The summed E-state index contributed by atoms with van der Waals surface area (Å²) in [4.78, 5) is 7.95. The van der Waals surface area contributed by atoms with Crippen LogP contribution in [-0.4, -0.2) is 32.5 Å². The van der Waals surface area contributed by atoms with E-state index in [-0.39, 0.29) is 0 Å². The largest absolute Gasteiger partial charge is 0.313 e. The Labute approximate surface area is 102 Å². The summed E-state index contributed by atoms with van der Waals surface area (Å²) in [5.74, 6) is 0.585. The van der Waals surface area contributed by atoms with Crippen LogP contribution in [0.3, 0.4) is 0 Å². The van der Waals surface area contributed by atoms with Gasteiger partial charge in [0.05, 0.1) is 28.2 Å². The number of nitrogens with one attached hydrogen (secondary N) is 1. The highest BCUT2D eigenvalue weighted by molar-refractivity contribution is 7.84. The SMILES string of the molecule is O=[S@@](C[C@@H]1CCCCN1)c1ncc(Cl)cn1. The molecule has 0 amide bonds. The normalized spacial score (nSPS) is 22.9. The van der Waals surface area contributed by atoms with E-state index in [9.17, 15) is 4.21 Å². The van der Waals surface area contributed by atoms with Crippen molar-refractivity contribution < 1.29 is 4.21 Å². The maximum Gasteiger partial charge on any atom is 0.218 e. The van der Waals surface area contributed by atoms with Gasteiger partial charge in [-0.15, -0.1) is 0 Å². The topological polar surface area (TPSA) is 54.9 Å². The first-order chi connectivity index (χ1) is 7.75. The molecule has 2 rings (SSSR count). The molecule has 1 aromatic heterocycles. The van der Waals surface area contributed by atoms with Crippen molar-refractivity contribution in [1.82, 2.24) is 15.3 Å². The Balaban J connectivity index is 1.94. The summed E-state index contributed by atoms with van der Waals surface area (Å²) in [7, 11) is -1.13. The zero-order chi connectivity index (χ0) is 11.4. The highest BCUT2D eigenvalue weighted by atomic mass is 35.5. The summed E-state index contributed by atoms with van der Waals surface area (Å²) in [6.45, 7) is 1.02. The quantitative estimate of drug-likeness (QED) is 0.834. The average molecular weight is 260 g/mol. The molecule has 1 aromatic rings. The van der Waals surface area contributed by atoms with Crippen LogP contribution in [0, 0.1) is 0 Å².